The third kappa shape index (κ3) is 4.85. The summed E-state index contributed by atoms with van der Waals surface area (Å²) in [6, 6.07) is 17.4. The number of hydrogen-bond donors (Lipinski definition) is 0. The van der Waals surface area contributed by atoms with Crippen LogP contribution in [0.5, 0.6) is 0 Å². The van der Waals surface area contributed by atoms with Gasteiger partial charge < -0.3 is 9.80 Å². The molecular formula is C27H27Cl2N3O2S. The van der Waals surface area contributed by atoms with Crippen LogP contribution in [0.2, 0.25) is 10.0 Å². The molecular weight excluding hydrogens is 501 g/mol. The molecule has 1 saturated heterocycles. The van der Waals surface area contributed by atoms with E-state index in [2.05, 4.69) is 40.6 Å². The zero-order valence-electron chi connectivity index (χ0n) is 19.5. The molecule has 0 aliphatic carbocycles. The highest BCUT2D eigenvalue weighted by Gasteiger charge is 2.37. The lowest BCUT2D eigenvalue weighted by Crippen LogP contribution is -2.56. The molecule has 2 aliphatic rings. The Kier molecular flexibility index (Phi) is 7.17. The number of benzene rings is 2. The van der Waals surface area contributed by atoms with Crippen molar-refractivity contribution < 1.29 is 9.59 Å². The Balaban J connectivity index is 1.27. The van der Waals surface area contributed by atoms with Crippen molar-refractivity contribution in [3.05, 3.63) is 91.6 Å². The predicted molar refractivity (Wildman–Crippen MR) is 141 cm³/mol. The number of thiophene rings is 1. The molecule has 2 atom stereocenters. The van der Waals surface area contributed by atoms with Gasteiger partial charge in [0.2, 0.25) is 5.91 Å². The van der Waals surface area contributed by atoms with E-state index < -0.39 is 0 Å². The van der Waals surface area contributed by atoms with E-state index in [1.165, 1.54) is 16.0 Å². The van der Waals surface area contributed by atoms with Crippen LogP contribution in [-0.2, 0) is 11.2 Å². The number of carbonyl (C=O) groups excluding carboxylic acids is 2. The van der Waals surface area contributed by atoms with E-state index >= 15 is 0 Å². The zero-order chi connectivity index (χ0) is 24.5. The summed E-state index contributed by atoms with van der Waals surface area (Å²) in [7, 11) is 0. The molecule has 0 bridgehead atoms. The van der Waals surface area contributed by atoms with Gasteiger partial charge >= 0.3 is 0 Å². The van der Waals surface area contributed by atoms with Crippen molar-refractivity contribution in [3.8, 4) is 0 Å². The zero-order valence-corrected chi connectivity index (χ0v) is 21.8. The van der Waals surface area contributed by atoms with Crippen molar-refractivity contribution in [3.63, 3.8) is 0 Å². The van der Waals surface area contributed by atoms with Crippen molar-refractivity contribution in [2.45, 2.75) is 25.4 Å². The fourth-order valence-corrected chi connectivity index (χ4v) is 6.31. The lowest BCUT2D eigenvalue weighted by atomic mass is 9.92. The van der Waals surface area contributed by atoms with E-state index in [0.29, 0.717) is 41.8 Å². The van der Waals surface area contributed by atoms with Crippen LogP contribution >= 0.6 is 34.5 Å². The molecule has 5 nitrogen and oxygen atoms in total. The first kappa shape index (κ1) is 24.3. The van der Waals surface area contributed by atoms with E-state index in [-0.39, 0.29) is 23.9 Å². The minimum atomic E-state index is -0.259. The highest BCUT2D eigenvalue weighted by Crippen LogP contribution is 2.39. The van der Waals surface area contributed by atoms with Crippen LogP contribution < -0.4 is 0 Å². The van der Waals surface area contributed by atoms with Crippen molar-refractivity contribution in [2.75, 3.05) is 32.7 Å². The Morgan fingerprint density at radius 3 is 2.34 bits per heavy atom. The molecule has 0 N–H and O–H groups in total. The maximum absolute atomic E-state index is 13.6. The largest absolute Gasteiger partial charge is 0.338 e. The van der Waals surface area contributed by atoms with Gasteiger partial charge in [0.1, 0.15) is 0 Å². The minimum absolute atomic E-state index is 0.0719. The summed E-state index contributed by atoms with van der Waals surface area (Å²) in [6.07, 6.45) is 0.958. The van der Waals surface area contributed by atoms with E-state index in [9.17, 15) is 9.59 Å². The number of rotatable bonds is 4. The molecule has 0 spiro atoms. The van der Waals surface area contributed by atoms with Gasteiger partial charge in [0.05, 0.1) is 22.1 Å². The molecule has 2 unspecified atom stereocenters. The first-order valence-corrected chi connectivity index (χ1v) is 13.5. The number of piperazine rings is 1. The normalized spacial score (nSPS) is 19.3. The molecule has 2 aromatic carbocycles. The van der Waals surface area contributed by atoms with Crippen LogP contribution in [0.25, 0.3) is 0 Å². The molecule has 2 amide bonds. The topological polar surface area (TPSA) is 43.9 Å². The summed E-state index contributed by atoms with van der Waals surface area (Å²) in [5.74, 6) is 0.0279. The smallest absolute Gasteiger partial charge is 0.254 e. The first-order valence-electron chi connectivity index (χ1n) is 11.8. The quantitative estimate of drug-likeness (QED) is 0.457. The van der Waals surface area contributed by atoms with Crippen molar-refractivity contribution in [2.24, 2.45) is 0 Å². The molecule has 3 heterocycles. The summed E-state index contributed by atoms with van der Waals surface area (Å²) >= 11 is 13.9. The Morgan fingerprint density at radius 1 is 0.914 bits per heavy atom. The van der Waals surface area contributed by atoms with Gasteiger partial charge in [-0.25, -0.2) is 0 Å². The third-order valence-corrected chi connectivity index (χ3v) is 8.75. The standard InChI is InChI=1S/C27H27Cl2N3O2S/c1-18(32-11-9-24-21(10-16-35-24)25(32)19-5-3-2-4-6-19)26(33)30-12-14-31(15-13-30)27(34)20-7-8-22(28)23(29)17-20/h2-8,10,16-18,25H,9,11-15H2,1H3. The molecule has 1 fully saturated rings. The highest BCUT2D eigenvalue weighted by atomic mass is 35.5. The molecule has 0 radical (unpaired) electrons. The number of nitrogens with zero attached hydrogens (tertiary/aromatic N) is 3. The van der Waals surface area contributed by atoms with Gasteiger partial charge in [0.15, 0.2) is 0 Å². The van der Waals surface area contributed by atoms with E-state index in [1.54, 1.807) is 34.4 Å². The van der Waals surface area contributed by atoms with Gasteiger partial charge in [-0.3, -0.25) is 14.5 Å². The van der Waals surface area contributed by atoms with Gasteiger partial charge in [-0.15, -0.1) is 11.3 Å². The van der Waals surface area contributed by atoms with Crippen LogP contribution in [-0.4, -0.2) is 65.3 Å². The second kappa shape index (κ2) is 10.3. The maximum atomic E-state index is 13.6. The van der Waals surface area contributed by atoms with Gasteiger partial charge in [-0.2, -0.15) is 0 Å². The Labute approximate surface area is 219 Å². The van der Waals surface area contributed by atoms with Crippen molar-refractivity contribution in [1.82, 2.24) is 14.7 Å². The number of carbonyl (C=O) groups is 2. The number of hydrogen-bond acceptors (Lipinski definition) is 4. The monoisotopic (exact) mass is 527 g/mol. The van der Waals surface area contributed by atoms with Gasteiger partial charge in [0, 0.05) is 43.2 Å². The minimum Gasteiger partial charge on any atom is -0.338 e. The van der Waals surface area contributed by atoms with Gasteiger partial charge in [-0.1, -0.05) is 53.5 Å². The fraction of sp³-hybridized carbons (Fsp3) is 0.333. The molecule has 1 aromatic heterocycles. The Bertz CT molecular complexity index is 1220. The molecule has 2 aliphatic heterocycles. The molecule has 5 rings (SSSR count). The Morgan fingerprint density at radius 2 is 1.63 bits per heavy atom. The van der Waals surface area contributed by atoms with E-state index in [1.807, 2.05) is 17.9 Å². The second-order valence-corrected chi connectivity index (χ2v) is 10.8. The predicted octanol–water partition coefficient (Wildman–Crippen LogP) is 5.38. The fourth-order valence-electron chi connectivity index (χ4n) is 5.11. The molecule has 35 heavy (non-hydrogen) atoms. The van der Waals surface area contributed by atoms with Crippen molar-refractivity contribution in [1.29, 1.82) is 0 Å². The SMILES string of the molecule is CC(C(=O)N1CCN(C(=O)c2ccc(Cl)c(Cl)c2)CC1)N1CCc2sccc2C1c1ccccc1. The average molecular weight is 529 g/mol. The molecule has 3 aromatic rings. The van der Waals surface area contributed by atoms with Gasteiger partial charge in [-0.05, 0) is 54.1 Å². The summed E-state index contributed by atoms with van der Waals surface area (Å²) in [4.78, 5) is 33.9. The van der Waals surface area contributed by atoms with Crippen LogP contribution in [0.4, 0.5) is 0 Å². The third-order valence-electron chi connectivity index (χ3n) is 7.02. The summed E-state index contributed by atoms with van der Waals surface area (Å²) in [6.45, 7) is 4.88. The molecule has 8 heteroatoms. The van der Waals surface area contributed by atoms with Crippen LogP contribution in [0.15, 0.2) is 60.0 Å². The van der Waals surface area contributed by atoms with Crippen LogP contribution in [0, 0.1) is 0 Å². The number of amides is 2. The second-order valence-electron chi connectivity index (χ2n) is 9.02. The average Bonchev–Trinajstić information content (AvgIpc) is 3.38. The summed E-state index contributed by atoms with van der Waals surface area (Å²) in [5.41, 5.74) is 3.03. The number of halogens is 2. The van der Waals surface area contributed by atoms with Gasteiger partial charge in [0.25, 0.3) is 5.91 Å². The van der Waals surface area contributed by atoms with Crippen LogP contribution in [0.1, 0.15) is 39.3 Å². The lowest BCUT2D eigenvalue weighted by Gasteiger charge is -2.42. The Hall–Kier alpha value is -2.38. The highest BCUT2D eigenvalue weighted by molar-refractivity contribution is 7.10. The maximum Gasteiger partial charge on any atom is 0.254 e. The van der Waals surface area contributed by atoms with E-state index in [4.69, 9.17) is 23.2 Å². The lowest BCUT2D eigenvalue weighted by molar-refractivity contribution is -0.138. The first-order chi connectivity index (χ1) is 16.9. The van der Waals surface area contributed by atoms with E-state index in [0.717, 1.165) is 13.0 Å². The van der Waals surface area contributed by atoms with Crippen LogP contribution in [0.3, 0.4) is 0 Å². The molecule has 0 saturated carbocycles. The summed E-state index contributed by atoms with van der Waals surface area (Å²) in [5, 5.41) is 2.94. The molecule has 182 valence electrons. The van der Waals surface area contributed by atoms with Crippen molar-refractivity contribution >= 4 is 46.4 Å². The number of fused-ring (bicyclic) bond motifs is 1. The summed E-state index contributed by atoms with van der Waals surface area (Å²) < 4.78 is 0.